The highest BCUT2D eigenvalue weighted by Gasteiger charge is 2.28. The van der Waals surface area contributed by atoms with Crippen LogP contribution in [0.15, 0.2) is 53.6 Å². The van der Waals surface area contributed by atoms with E-state index in [1.807, 2.05) is 53.8 Å². The molecule has 34 heavy (non-hydrogen) atoms. The summed E-state index contributed by atoms with van der Waals surface area (Å²) in [5.74, 6) is 0.633. The molecule has 1 fully saturated rings. The molecule has 0 spiro atoms. The van der Waals surface area contributed by atoms with Crippen LogP contribution < -0.4 is 4.31 Å². The van der Waals surface area contributed by atoms with Gasteiger partial charge < -0.3 is 4.90 Å². The van der Waals surface area contributed by atoms with E-state index in [2.05, 4.69) is 12.0 Å². The number of nitrogens with zero attached hydrogens (tertiary/aromatic N) is 4. The first kappa shape index (κ1) is 24.3. The molecule has 182 valence electrons. The Hall–Kier alpha value is -2.87. The van der Waals surface area contributed by atoms with E-state index in [9.17, 15) is 13.2 Å². The molecule has 1 unspecified atom stereocenters. The number of rotatable bonds is 8. The number of carbonyl (C=O) groups excluding carboxylic acids is 1. The first-order valence-corrected chi connectivity index (χ1v) is 13.5. The average Bonchev–Trinajstić information content (AvgIpc) is 3.45. The minimum atomic E-state index is -3.74. The SMILES string of the molecule is CCc1ccc(N(CC(C)C)S(=O)(=O)c2ccc3c(cnn3CC3CCN(C(C)=O)C3)c2)cc1. The summed E-state index contributed by atoms with van der Waals surface area (Å²) in [7, 11) is -3.74. The summed E-state index contributed by atoms with van der Waals surface area (Å²) in [6.07, 6.45) is 3.59. The zero-order chi connectivity index (χ0) is 24.5. The predicted molar refractivity (Wildman–Crippen MR) is 135 cm³/mol. The third kappa shape index (κ3) is 4.97. The Balaban J connectivity index is 1.61. The number of benzene rings is 2. The van der Waals surface area contributed by atoms with Gasteiger partial charge in [0.1, 0.15) is 0 Å². The lowest BCUT2D eigenvalue weighted by Gasteiger charge is -2.26. The molecule has 8 heteroatoms. The van der Waals surface area contributed by atoms with Crippen LogP contribution in [0.2, 0.25) is 0 Å². The normalized spacial score (nSPS) is 16.5. The van der Waals surface area contributed by atoms with E-state index in [4.69, 9.17) is 0 Å². The molecular formula is C26H34N4O3S. The number of likely N-dealkylation sites (tertiary alicyclic amines) is 1. The van der Waals surface area contributed by atoms with Crippen LogP contribution in [-0.2, 0) is 27.8 Å². The Kier molecular flexibility index (Phi) is 6.98. The topological polar surface area (TPSA) is 75.5 Å². The lowest BCUT2D eigenvalue weighted by molar-refractivity contribution is -0.127. The zero-order valence-corrected chi connectivity index (χ0v) is 21.3. The van der Waals surface area contributed by atoms with Gasteiger partial charge in [-0.3, -0.25) is 13.8 Å². The van der Waals surface area contributed by atoms with Crippen molar-refractivity contribution in [1.29, 1.82) is 0 Å². The van der Waals surface area contributed by atoms with Crippen molar-refractivity contribution in [3.8, 4) is 0 Å². The van der Waals surface area contributed by atoms with E-state index in [0.717, 1.165) is 36.8 Å². The number of fused-ring (bicyclic) bond motifs is 1. The molecule has 1 saturated heterocycles. The van der Waals surface area contributed by atoms with Gasteiger partial charge in [0.05, 0.1) is 22.3 Å². The predicted octanol–water partition coefficient (Wildman–Crippen LogP) is 4.32. The van der Waals surface area contributed by atoms with Crippen LogP contribution in [0.4, 0.5) is 5.69 Å². The number of amides is 1. The van der Waals surface area contributed by atoms with Gasteiger partial charge in [0.25, 0.3) is 10.0 Å². The monoisotopic (exact) mass is 482 g/mol. The number of hydrogen-bond donors (Lipinski definition) is 0. The fourth-order valence-corrected chi connectivity index (χ4v) is 6.25. The number of carbonyl (C=O) groups is 1. The summed E-state index contributed by atoms with van der Waals surface area (Å²) in [5, 5.41) is 5.33. The maximum Gasteiger partial charge on any atom is 0.264 e. The second-order valence-electron chi connectivity index (χ2n) is 9.62. The highest BCUT2D eigenvalue weighted by molar-refractivity contribution is 7.92. The van der Waals surface area contributed by atoms with E-state index in [1.165, 1.54) is 9.87 Å². The standard InChI is InChI=1S/C26H34N4O3S/c1-5-21-6-8-24(9-7-21)30(16-19(2)3)34(32,33)25-10-11-26-23(14-25)15-27-29(26)18-22-12-13-28(17-22)20(4)31/h6-11,14-15,19,22H,5,12-13,16-18H2,1-4H3. The Morgan fingerprint density at radius 2 is 1.91 bits per heavy atom. The molecule has 3 aromatic rings. The van der Waals surface area contributed by atoms with Gasteiger partial charge in [0.15, 0.2) is 0 Å². The number of aromatic nitrogens is 2. The first-order valence-electron chi connectivity index (χ1n) is 12.0. The van der Waals surface area contributed by atoms with Crippen molar-refractivity contribution in [2.45, 2.75) is 52.0 Å². The smallest absolute Gasteiger partial charge is 0.264 e. The van der Waals surface area contributed by atoms with Crippen molar-refractivity contribution in [2.24, 2.45) is 11.8 Å². The van der Waals surface area contributed by atoms with E-state index in [-0.39, 0.29) is 16.7 Å². The number of aryl methyl sites for hydroxylation is 1. The Morgan fingerprint density at radius 1 is 1.18 bits per heavy atom. The van der Waals surface area contributed by atoms with Crippen molar-refractivity contribution in [2.75, 3.05) is 23.9 Å². The molecule has 1 aromatic heterocycles. The Morgan fingerprint density at radius 3 is 2.53 bits per heavy atom. The number of hydrogen-bond acceptors (Lipinski definition) is 4. The maximum absolute atomic E-state index is 13.7. The molecule has 1 atom stereocenters. The van der Waals surface area contributed by atoms with Crippen LogP contribution in [-0.4, -0.2) is 48.6 Å². The van der Waals surface area contributed by atoms with Gasteiger partial charge in [-0.1, -0.05) is 32.9 Å². The van der Waals surface area contributed by atoms with Crippen LogP contribution in [0.1, 0.15) is 39.7 Å². The van der Waals surface area contributed by atoms with Crippen molar-refractivity contribution >= 4 is 32.5 Å². The minimum absolute atomic E-state index is 0.109. The van der Waals surface area contributed by atoms with Gasteiger partial charge in [0, 0.05) is 38.5 Å². The van der Waals surface area contributed by atoms with Crippen LogP contribution in [0.25, 0.3) is 10.9 Å². The largest absolute Gasteiger partial charge is 0.343 e. The van der Waals surface area contributed by atoms with E-state index in [0.29, 0.717) is 24.7 Å². The number of anilines is 1. The van der Waals surface area contributed by atoms with Crippen molar-refractivity contribution in [3.63, 3.8) is 0 Å². The van der Waals surface area contributed by atoms with Crippen LogP contribution >= 0.6 is 0 Å². The molecule has 4 rings (SSSR count). The van der Waals surface area contributed by atoms with Crippen molar-refractivity contribution < 1.29 is 13.2 Å². The van der Waals surface area contributed by atoms with E-state index in [1.54, 1.807) is 25.3 Å². The molecule has 2 aromatic carbocycles. The Bertz CT molecular complexity index is 1260. The molecule has 1 aliphatic heterocycles. The second kappa shape index (κ2) is 9.78. The molecule has 7 nitrogen and oxygen atoms in total. The zero-order valence-electron chi connectivity index (χ0n) is 20.4. The molecule has 0 radical (unpaired) electrons. The van der Waals surface area contributed by atoms with Crippen LogP contribution in [0, 0.1) is 11.8 Å². The van der Waals surface area contributed by atoms with E-state index >= 15 is 0 Å². The summed E-state index contributed by atoms with van der Waals surface area (Å²) in [6, 6.07) is 13.0. The lowest BCUT2D eigenvalue weighted by Crippen LogP contribution is -2.34. The highest BCUT2D eigenvalue weighted by atomic mass is 32.2. The highest BCUT2D eigenvalue weighted by Crippen LogP contribution is 2.28. The van der Waals surface area contributed by atoms with Gasteiger partial charge in [-0.25, -0.2) is 8.42 Å². The third-order valence-electron chi connectivity index (χ3n) is 6.53. The van der Waals surface area contributed by atoms with Crippen molar-refractivity contribution in [3.05, 3.63) is 54.2 Å². The van der Waals surface area contributed by atoms with Gasteiger partial charge >= 0.3 is 0 Å². The van der Waals surface area contributed by atoms with Gasteiger partial charge in [-0.15, -0.1) is 0 Å². The average molecular weight is 483 g/mol. The molecule has 0 saturated carbocycles. The summed E-state index contributed by atoms with van der Waals surface area (Å²) < 4.78 is 30.9. The minimum Gasteiger partial charge on any atom is -0.343 e. The Labute approximate surface area is 202 Å². The van der Waals surface area contributed by atoms with Crippen LogP contribution in [0.3, 0.4) is 0 Å². The number of sulfonamides is 1. The molecule has 0 bridgehead atoms. The quantitative estimate of drug-likeness (QED) is 0.479. The fourth-order valence-electron chi connectivity index (χ4n) is 4.58. The van der Waals surface area contributed by atoms with Crippen molar-refractivity contribution in [1.82, 2.24) is 14.7 Å². The molecule has 0 aliphatic carbocycles. The molecule has 1 amide bonds. The van der Waals surface area contributed by atoms with E-state index < -0.39 is 10.0 Å². The molecular weight excluding hydrogens is 448 g/mol. The lowest BCUT2D eigenvalue weighted by atomic mass is 10.1. The maximum atomic E-state index is 13.7. The molecule has 1 aliphatic rings. The molecule has 2 heterocycles. The second-order valence-corrected chi connectivity index (χ2v) is 11.5. The summed E-state index contributed by atoms with van der Waals surface area (Å²) in [5.41, 5.74) is 2.76. The fraction of sp³-hybridized carbons (Fsp3) is 0.462. The summed E-state index contributed by atoms with van der Waals surface area (Å²) in [6.45, 7) is 10.4. The summed E-state index contributed by atoms with van der Waals surface area (Å²) >= 11 is 0. The van der Waals surface area contributed by atoms with Gasteiger partial charge in [-0.2, -0.15) is 5.10 Å². The summed E-state index contributed by atoms with van der Waals surface area (Å²) in [4.78, 5) is 13.8. The van der Waals surface area contributed by atoms with Gasteiger partial charge in [-0.05, 0) is 60.6 Å². The third-order valence-corrected chi connectivity index (χ3v) is 8.32. The van der Waals surface area contributed by atoms with Crippen LogP contribution in [0.5, 0.6) is 0 Å². The first-order chi connectivity index (χ1) is 16.2. The molecule has 0 N–H and O–H groups in total. The van der Waals surface area contributed by atoms with Gasteiger partial charge in [0.2, 0.25) is 5.91 Å².